The number of nitro groups is 1. The molecule has 1 aliphatic rings. The van der Waals surface area contributed by atoms with Crippen LogP contribution >= 0.6 is 0 Å². The molecule has 0 heterocycles. The van der Waals surface area contributed by atoms with Crippen molar-refractivity contribution >= 4 is 17.4 Å². The number of hydrogen-bond acceptors (Lipinski definition) is 4. The van der Waals surface area contributed by atoms with Gasteiger partial charge in [0, 0.05) is 24.1 Å². The van der Waals surface area contributed by atoms with E-state index < -0.39 is 16.8 Å². The van der Waals surface area contributed by atoms with Gasteiger partial charge in [-0.3, -0.25) is 19.7 Å². The maximum atomic E-state index is 11.5. The van der Waals surface area contributed by atoms with E-state index in [1.165, 1.54) is 12.1 Å². The van der Waals surface area contributed by atoms with Gasteiger partial charge >= 0.3 is 5.97 Å². The number of nitrogens with zero attached hydrogens (tertiary/aromatic N) is 1. The first-order valence-corrected chi connectivity index (χ1v) is 4.55. The largest absolute Gasteiger partial charge is 0.481 e. The lowest BCUT2D eigenvalue weighted by atomic mass is 10.0. The molecule has 0 saturated carbocycles. The number of carboxylic acids is 1. The summed E-state index contributed by atoms with van der Waals surface area (Å²) >= 11 is 0. The summed E-state index contributed by atoms with van der Waals surface area (Å²) in [7, 11) is 0. The van der Waals surface area contributed by atoms with Gasteiger partial charge in [0.05, 0.1) is 10.8 Å². The van der Waals surface area contributed by atoms with Crippen molar-refractivity contribution in [2.75, 3.05) is 0 Å². The van der Waals surface area contributed by atoms with Gasteiger partial charge in [-0.1, -0.05) is 6.07 Å². The molecule has 1 aliphatic carbocycles. The molecule has 6 heteroatoms. The highest BCUT2D eigenvalue weighted by molar-refractivity contribution is 6.06. The maximum absolute atomic E-state index is 11.5. The third-order valence-corrected chi connectivity index (χ3v) is 2.61. The fourth-order valence-corrected chi connectivity index (χ4v) is 1.83. The summed E-state index contributed by atoms with van der Waals surface area (Å²) in [5.74, 6) is -2.31. The van der Waals surface area contributed by atoms with E-state index in [0.29, 0.717) is 5.56 Å². The molecule has 1 atom stereocenters. The van der Waals surface area contributed by atoms with Crippen molar-refractivity contribution < 1.29 is 19.6 Å². The number of carbonyl (C=O) groups is 2. The van der Waals surface area contributed by atoms with Crippen LogP contribution in [0.1, 0.15) is 28.3 Å². The number of fused-ring (bicyclic) bond motifs is 1. The smallest absolute Gasteiger partial charge is 0.311 e. The molecule has 0 unspecified atom stereocenters. The molecule has 0 bridgehead atoms. The van der Waals surface area contributed by atoms with Gasteiger partial charge in [-0.15, -0.1) is 0 Å². The molecule has 16 heavy (non-hydrogen) atoms. The fraction of sp³-hybridized carbons (Fsp3) is 0.200. The minimum absolute atomic E-state index is 0.119. The Balaban J connectivity index is 2.53. The molecule has 1 N–H and O–H groups in total. The summed E-state index contributed by atoms with van der Waals surface area (Å²) in [5, 5.41) is 19.4. The van der Waals surface area contributed by atoms with Gasteiger partial charge in [-0.05, 0) is 5.56 Å². The Hall–Kier alpha value is -2.24. The number of hydrogen-bond donors (Lipinski definition) is 1. The van der Waals surface area contributed by atoms with E-state index in [-0.39, 0.29) is 23.5 Å². The number of benzene rings is 1. The van der Waals surface area contributed by atoms with Crippen LogP contribution in [-0.4, -0.2) is 21.8 Å². The van der Waals surface area contributed by atoms with Crippen LogP contribution in [0.15, 0.2) is 18.2 Å². The Bertz CT molecular complexity index is 508. The minimum Gasteiger partial charge on any atom is -0.481 e. The highest BCUT2D eigenvalue weighted by atomic mass is 16.6. The van der Waals surface area contributed by atoms with Crippen molar-refractivity contribution in [3.8, 4) is 0 Å². The zero-order valence-electron chi connectivity index (χ0n) is 8.04. The number of ketones is 1. The van der Waals surface area contributed by atoms with Crippen molar-refractivity contribution in [1.29, 1.82) is 0 Å². The number of Topliss-reactive ketones (excluding diaryl/α,β-unsaturated/α-hetero) is 1. The Kier molecular flexibility index (Phi) is 2.19. The number of aliphatic carboxylic acids is 1. The monoisotopic (exact) mass is 221 g/mol. The first-order chi connectivity index (χ1) is 7.50. The van der Waals surface area contributed by atoms with E-state index in [0.717, 1.165) is 6.07 Å². The summed E-state index contributed by atoms with van der Waals surface area (Å²) < 4.78 is 0. The minimum atomic E-state index is -1.08. The molecule has 82 valence electrons. The van der Waals surface area contributed by atoms with Crippen LogP contribution in [0.2, 0.25) is 0 Å². The zero-order chi connectivity index (χ0) is 11.9. The summed E-state index contributed by atoms with van der Waals surface area (Å²) in [6.45, 7) is 0. The van der Waals surface area contributed by atoms with Gasteiger partial charge in [0.1, 0.15) is 0 Å². The van der Waals surface area contributed by atoms with E-state index in [4.69, 9.17) is 5.11 Å². The van der Waals surface area contributed by atoms with Crippen LogP contribution in [0, 0.1) is 10.1 Å². The molecule has 0 fully saturated rings. The Morgan fingerprint density at radius 1 is 1.50 bits per heavy atom. The van der Waals surface area contributed by atoms with Crippen LogP contribution in [0.4, 0.5) is 5.69 Å². The summed E-state index contributed by atoms with van der Waals surface area (Å²) in [6, 6.07) is 3.70. The average Bonchev–Trinajstić information content (AvgIpc) is 2.56. The second kappa shape index (κ2) is 3.41. The third kappa shape index (κ3) is 1.44. The Morgan fingerprint density at radius 3 is 2.75 bits per heavy atom. The molecule has 1 aromatic carbocycles. The van der Waals surface area contributed by atoms with Gasteiger partial charge in [0.25, 0.3) is 5.69 Å². The highest BCUT2D eigenvalue weighted by Gasteiger charge is 2.35. The molecule has 0 radical (unpaired) electrons. The van der Waals surface area contributed by atoms with Crippen LogP contribution in [0.3, 0.4) is 0 Å². The number of nitro benzene ring substituents is 1. The van der Waals surface area contributed by atoms with Gasteiger partial charge in [0.15, 0.2) is 5.78 Å². The van der Waals surface area contributed by atoms with Crippen molar-refractivity contribution in [1.82, 2.24) is 0 Å². The van der Waals surface area contributed by atoms with E-state index >= 15 is 0 Å². The van der Waals surface area contributed by atoms with Gasteiger partial charge in [0.2, 0.25) is 0 Å². The average molecular weight is 221 g/mol. The van der Waals surface area contributed by atoms with Gasteiger partial charge in [-0.25, -0.2) is 0 Å². The van der Waals surface area contributed by atoms with Crippen molar-refractivity contribution in [2.45, 2.75) is 12.3 Å². The van der Waals surface area contributed by atoms with E-state index in [1.807, 2.05) is 0 Å². The quantitative estimate of drug-likeness (QED) is 0.600. The lowest BCUT2D eigenvalue weighted by Crippen LogP contribution is -2.08. The zero-order valence-corrected chi connectivity index (χ0v) is 8.04. The molecule has 6 nitrogen and oxygen atoms in total. The summed E-state index contributed by atoms with van der Waals surface area (Å²) in [4.78, 5) is 32.2. The normalized spacial score (nSPS) is 18.2. The second-order valence-electron chi connectivity index (χ2n) is 3.55. The molecule has 1 aromatic rings. The van der Waals surface area contributed by atoms with E-state index in [2.05, 4.69) is 0 Å². The standard InChI is InChI=1S/C10H7NO5/c12-9-4-8(10(13)14)6-2-1-5(11(15)16)3-7(6)9/h1-3,8H,4H2,(H,13,14)/t8-/m1/s1. The first-order valence-electron chi connectivity index (χ1n) is 4.55. The topological polar surface area (TPSA) is 97.5 Å². The number of carbonyl (C=O) groups excluding carboxylic acids is 1. The number of carboxylic acid groups (broad SMARTS) is 1. The van der Waals surface area contributed by atoms with Crippen molar-refractivity contribution in [2.24, 2.45) is 0 Å². The fourth-order valence-electron chi connectivity index (χ4n) is 1.83. The van der Waals surface area contributed by atoms with Crippen LogP contribution in [0.5, 0.6) is 0 Å². The SMILES string of the molecule is O=C1C[C@@H](C(=O)O)c2ccc([N+](=O)[O-])cc21. The third-order valence-electron chi connectivity index (χ3n) is 2.61. The molecule has 0 saturated heterocycles. The molecular weight excluding hydrogens is 214 g/mol. The molecule has 0 amide bonds. The van der Waals surface area contributed by atoms with E-state index in [9.17, 15) is 19.7 Å². The summed E-state index contributed by atoms with van der Waals surface area (Å²) in [6.07, 6.45) is -0.119. The van der Waals surface area contributed by atoms with Crippen molar-refractivity contribution in [3.05, 3.63) is 39.4 Å². The molecule has 0 aliphatic heterocycles. The lowest BCUT2D eigenvalue weighted by Gasteiger charge is -2.03. The van der Waals surface area contributed by atoms with Gasteiger partial charge in [-0.2, -0.15) is 0 Å². The first kappa shape index (κ1) is 10.3. The molecular formula is C10H7NO5. The Labute approximate surface area is 89.7 Å². The number of rotatable bonds is 2. The molecule has 2 rings (SSSR count). The number of non-ortho nitro benzene ring substituents is 1. The predicted molar refractivity (Wildman–Crippen MR) is 52.4 cm³/mol. The molecule has 0 spiro atoms. The lowest BCUT2D eigenvalue weighted by molar-refractivity contribution is -0.384. The Morgan fingerprint density at radius 2 is 2.19 bits per heavy atom. The maximum Gasteiger partial charge on any atom is 0.311 e. The van der Waals surface area contributed by atoms with Crippen LogP contribution in [-0.2, 0) is 4.79 Å². The van der Waals surface area contributed by atoms with E-state index in [1.54, 1.807) is 0 Å². The second-order valence-corrected chi connectivity index (χ2v) is 3.55. The van der Waals surface area contributed by atoms with Crippen LogP contribution < -0.4 is 0 Å². The van der Waals surface area contributed by atoms with Gasteiger partial charge < -0.3 is 5.11 Å². The van der Waals surface area contributed by atoms with Crippen molar-refractivity contribution in [3.63, 3.8) is 0 Å². The highest BCUT2D eigenvalue weighted by Crippen LogP contribution is 2.35. The summed E-state index contributed by atoms with van der Waals surface area (Å²) in [5.41, 5.74) is 0.322. The predicted octanol–water partition coefficient (Wildman–Crippen LogP) is 1.35. The molecule has 0 aromatic heterocycles. The van der Waals surface area contributed by atoms with Crippen LogP contribution in [0.25, 0.3) is 0 Å².